The standard InChI is InChI=1S/C33H47NO/c1-4-5-6-7-25-8-10-26(11-9-25)27-12-14-28(15-13-27)29-16-18-30(19-17-29)31-20-22-32(23-21-31)34-33(35)24(2)3/h12-19,25-26,31-35H,2,4-11,20-23H2,1,3H3. The fraction of sp³-hybridized carbons (Fsp3) is 0.576. The highest BCUT2D eigenvalue weighted by molar-refractivity contribution is 5.64. The van der Waals surface area contributed by atoms with Crippen molar-refractivity contribution in [1.82, 2.24) is 5.32 Å². The molecule has 0 spiro atoms. The van der Waals surface area contributed by atoms with Gasteiger partial charge in [0.05, 0.1) is 0 Å². The van der Waals surface area contributed by atoms with Gasteiger partial charge in [0.2, 0.25) is 0 Å². The number of rotatable bonds is 10. The van der Waals surface area contributed by atoms with Crippen LogP contribution in [0.25, 0.3) is 11.1 Å². The average molecular weight is 474 g/mol. The summed E-state index contributed by atoms with van der Waals surface area (Å²) in [6, 6.07) is 19.1. The largest absolute Gasteiger partial charge is 0.375 e. The van der Waals surface area contributed by atoms with E-state index in [1.165, 1.54) is 80.9 Å². The Morgan fingerprint density at radius 2 is 1.29 bits per heavy atom. The van der Waals surface area contributed by atoms with E-state index in [9.17, 15) is 5.11 Å². The van der Waals surface area contributed by atoms with Gasteiger partial charge in [-0.25, -0.2) is 0 Å². The van der Waals surface area contributed by atoms with Gasteiger partial charge in [0.1, 0.15) is 6.23 Å². The molecule has 0 aromatic heterocycles. The molecule has 2 aromatic rings. The van der Waals surface area contributed by atoms with Crippen LogP contribution in [0.1, 0.15) is 114 Å². The molecule has 0 radical (unpaired) electrons. The van der Waals surface area contributed by atoms with Crippen molar-refractivity contribution in [1.29, 1.82) is 0 Å². The van der Waals surface area contributed by atoms with Crippen LogP contribution in [0, 0.1) is 5.92 Å². The minimum absolute atomic E-state index is 0.395. The lowest BCUT2D eigenvalue weighted by molar-refractivity contribution is 0.143. The first-order valence-corrected chi connectivity index (χ1v) is 14.3. The lowest BCUT2D eigenvalue weighted by atomic mass is 9.77. The first kappa shape index (κ1) is 26.2. The summed E-state index contributed by atoms with van der Waals surface area (Å²) in [5.74, 6) is 2.36. The molecule has 2 aliphatic rings. The number of hydrogen-bond acceptors (Lipinski definition) is 2. The fourth-order valence-corrected chi connectivity index (χ4v) is 6.32. The predicted octanol–water partition coefficient (Wildman–Crippen LogP) is 8.72. The van der Waals surface area contributed by atoms with Crippen molar-refractivity contribution in [2.75, 3.05) is 0 Å². The lowest BCUT2D eigenvalue weighted by Crippen LogP contribution is -2.40. The van der Waals surface area contributed by atoms with Gasteiger partial charge >= 0.3 is 0 Å². The van der Waals surface area contributed by atoms with Crippen LogP contribution in [-0.4, -0.2) is 17.4 Å². The molecular weight excluding hydrogens is 426 g/mol. The van der Waals surface area contributed by atoms with Crippen LogP contribution < -0.4 is 5.32 Å². The van der Waals surface area contributed by atoms with E-state index in [0.717, 1.165) is 30.3 Å². The van der Waals surface area contributed by atoms with Gasteiger partial charge in [-0.3, -0.25) is 5.32 Å². The number of nitrogens with one attached hydrogen (secondary N) is 1. The molecule has 0 heterocycles. The van der Waals surface area contributed by atoms with E-state index in [2.05, 4.69) is 67.4 Å². The molecule has 1 atom stereocenters. The van der Waals surface area contributed by atoms with E-state index in [1.807, 2.05) is 6.92 Å². The first-order valence-electron chi connectivity index (χ1n) is 14.3. The van der Waals surface area contributed by atoms with Crippen LogP contribution in [0.3, 0.4) is 0 Å². The summed E-state index contributed by atoms with van der Waals surface area (Å²) in [7, 11) is 0. The molecule has 0 bridgehead atoms. The van der Waals surface area contributed by atoms with Gasteiger partial charge in [0.15, 0.2) is 0 Å². The monoisotopic (exact) mass is 473 g/mol. The maximum atomic E-state index is 10.0. The minimum Gasteiger partial charge on any atom is -0.375 e. The molecule has 2 nitrogen and oxygen atoms in total. The molecular formula is C33H47NO. The van der Waals surface area contributed by atoms with Crippen molar-refractivity contribution in [3.63, 3.8) is 0 Å². The maximum absolute atomic E-state index is 10.0. The molecule has 2 fully saturated rings. The van der Waals surface area contributed by atoms with Gasteiger partial charge in [0.25, 0.3) is 0 Å². The third kappa shape index (κ3) is 7.30. The van der Waals surface area contributed by atoms with Gasteiger partial charge in [-0.2, -0.15) is 0 Å². The van der Waals surface area contributed by atoms with Crippen LogP contribution in [0.4, 0.5) is 0 Å². The van der Waals surface area contributed by atoms with Crippen molar-refractivity contribution < 1.29 is 5.11 Å². The number of benzene rings is 2. The summed E-state index contributed by atoms with van der Waals surface area (Å²) in [6.45, 7) is 8.02. The number of unbranched alkanes of at least 4 members (excludes halogenated alkanes) is 2. The van der Waals surface area contributed by atoms with Gasteiger partial charge in [0, 0.05) is 6.04 Å². The third-order valence-electron chi connectivity index (χ3n) is 8.75. The predicted molar refractivity (Wildman–Crippen MR) is 150 cm³/mol. The third-order valence-corrected chi connectivity index (χ3v) is 8.75. The quantitative estimate of drug-likeness (QED) is 0.205. The zero-order valence-electron chi connectivity index (χ0n) is 22.1. The average Bonchev–Trinajstić information content (AvgIpc) is 2.90. The zero-order valence-corrected chi connectivity index (χ0v) is 22.1. The van der Waals surface area contributed by atoms with Crippen molar-refractivity contribution in [2.45, 2.75) is 115 Å². The minimum atomic E-state index is -0.576. The smallest absolute Gasteiger partial charge is 0.126 e. The highest BCUT2D eigenvalue weighted by atomic mass is 16.3. The van der Waals surface area contributed by atoms with E-state index < -0.39 is 6.23 Å². The molecule has 35 heavy (non-hydrogen) atoms. The van der Waals surface area contributed by atoms with Crippen molar-refractivity contribution >= 4 is 0 Å². The molecule has 0 aliphatic heterocycles. The maximum Gasteiger partial charge on any atom is 0.126 e. The molecule has 0 saturated heterocycles. The zero-order chi connectivity index (χ0) is 24.6. The molecule has 2 heteroatoms. The molecule has 190 valence electrons. The molecule has 2 N–H and O–H groups in total. The van der Waals surface area contributed by atoms with Gasteiger partial charge < -0.3 is 5.11 Å². The van der Waals surface area contributed by atoms with Gasteiger partial charge in [-0.05, 0) is 104 Å². The SMILES string of the molecule is C=C(C)C(O)NC1CCC(c2ccc(-c3ccc(C4CCC(CCCCC)CC4)cc3)cc2)CC1. The Bertz CT molecular complexity index is 899. The molecule has 2 saturated carbocycles. The van der Waals surface area contributed by atoms with E-state index in [0.29, 0.717) is 12.0 Å². The second-order valence-electron chi connectivity index (χ2n) is 11.4. The van der Waals surface area contributed by atoms with Crippen LogP contribution in [0.2, 0.25) is 0 Å². The molecule has 4 rings (SSSR count). The highest BCUT2D eigenvalue weighted by Gasteiger charge is 2.24. The Hall–Kier alpha value is -1.90. The fourth-order valence-electron chi connectivity index (χ4n) is 6.32. The summed E-state index contributed by atoms with van der Waals surface area (Å²) in [5, 5.41) is 13.3. The van der Waals surface area contributed by atoms with Crippen LogP contribution in [0.5, 0.6) is 0 Å². The number of hydrogen-bond donors (Lipinski definition) is 2. The molecule has 2 aliphatic carbocycles. The molecule has 2 aromatic carbocycles. The topological polar surface area (TPSA) is 32.3 Å². The van der Waals surface area contributed by atoms with Gasteiger partial charge in [-0.1, -0.05) is 87.7 Å². The summed E-state index contributed by atoms with van der Waals surface area (Å²) in [6.07, 6.45) is 15.2. The van der Waals surface area contributed by atoms with Crippen molar-refractivity contribution in [3.05, 3.63) is 71.8 Å². The summed E-state index contributed by atoms with van der Waals surface area (Å²) >= 11 is 0. The summed E-state index contributed by atoms with van der Waals surface area (Å²) in [4.78, 5) is 0. The Labute approximate surface area is 214 Å². The summed E-state index contributed by atoms with van der Waals surface area (Å²) < 4.78 is 0. The lowest BCUT2D eigenvalue weighted by Gasteiger charge is -2.31. The van der Waals surface area contributed by atoms with Gasteiger partial charge in [-0.15, -0.1) is 0 Å². The Balaban J connectivity index is 1.27. The second kappa shape index (κ2) is 12.9. The van der Waals surface area contributed by atoms with E-state index in [1.54, 1.807) is 5.56 Å². The highest BCUT2D eigenvalue weighted by Crippen LogP contribution is 2.39. The van der Waals surface area contributed by atoms with E-state index in [-0.39, 0.29) is 0 Å². The Morgan fingerprint density at radius 1 is 0.800 bits per heavy atom. The number of aliphatic hydroxyl groups is 1. The van der Waals surface area contributed by atoms with Crippen molar-refractivity contribution in [3.8, 4) is 11.1 Å². The Morgan fingerprint density at radius 3 is 1.74 bits per heavy atom. The molecule has 1 unspecified atom stereocenters. The first-order chi connectivity index (χ1) is 17.0. The summed E-state index contributed by atoms with van der Waals surface area (Å²) in [5.41, 5.74) is 6.44. The second-order valence-corrected chi connectivity index (χ2v) is 11.4. The van der Waals surface area contributed by atoms with Crippen LogP contribution in [0.15, 0.2) is 60.7 Å². The van der Waals surface area contributed by atoms with Crippen LogP contribution in [-0.2, 0) is 0 Å². The van der Waals surface area contributed by atoms with Crippen molar-refractivity contribution in [2.24, 2.45) is 5.92 Å². The Kier molecular flexibility index (Phi) is 9.63. The molecule has 0 amide bonds. The normalized spacial score (nSPS) is 25.8. The van der Waals surface area contributed by atoms with Crippen LogP contribution >= 0.6 is 0 Å². The van der Waals surface area contributed by atoms with E-state index in [4.69, 9.17) is 0 Å². The van der Waals surface area contributed by atoms with E-state index >= 15 is 0 Å². The number of aliphatic hydroxyl groups excluding tert-OH is 1.